The molecule has 2 rings (SSSR count). The predicted octanol–water partition coefficient (Wildman–Crippen LogP) is 4.29. The summed E-state index contributed by atoms with van der Waals surface area (Å²) in [5.41, 5.74) is 3.36. The maximum atomic E-state index is 6.11. The third-order valence-corrected chi connectivity index (χ3v) is 4.23. The minimum absolute atomic E-state index is 0.692. The molecule has 0 aliphatic rings. The average molecular weight is 326 g/mol. The van der Waals surface area contributed by atoms with Crippen molar-refractivity contribution in [3.8, 4) is 22.6 Å². The van der Waals surface area contributed by atoms with Gasteiger partial charge in [0, 0.05) is 0 Å². The minimum atomic E-state index is 0.692. The van der Waals surface area contributed by atoms with Crippen molar-refractivity contribution in [1.82, 2.24) is 0 Å². The smallest absolute Gasteiger partial charge is 0.131 e. The fourth-order valence-electron chi connectivity index (χ4n) is 2.52. The summed E-state index contributed by atoms with van der Waals surface area (Å²) in [5.74, 6) is 1.79. The zero-order valence-electron chi connectivity index (χ0n) is 14.3. The number of hydrogen-bond donors (Lipinski definition) is 0. The fraction of sp³-hybridized carbons (Fsp3) is 0.400. The van der Waals surface area contributed by atoms with Gasteiger partial charge in [-0.3, -0.25) is 0 Å². The van der Waals surface area contributed by atoms with Crippen LogP contribution in [0.4, 0.5) is 0 Å². The van der Waals surface area contributed by atoms with E-state index >= 15 is 0 Å². The monoisotopic (exact) mass is 325 g/mol. The van der Waals surface area contributed by atoms with Crippen molar-refractivity contribution in [2.45, 2.75) is 40.0 Å². The standard InChI is InChI=1S/C20H25O2Si/c1-4-12-21-17-14-15(6-3)20(23)19(22-13-5-2)18(17)16-10-8-7-9-11-16/h7-11,14H,4-6,12-13H2,1-3H3. The zero-order chi connectivity index (χ0) is 16.7. The number of hydrogen-bond acceptors (Lipinski definition) is 2. The van der Waals surface area contributed by atoms with Crippen LogP contribution in [-0.2, 0) is 6.42 Å². The summed E-state index contributed by atoms with van der Waals surface area (Å²) in [7, 11) is 3.80. The third kappa shape index (κ3) is 4.17. The molecule has 0 spiro atoms. The summed E-state index contributed by atoms with van der Waals surface area (Å²) in [5, 5.41) is 1.03. The highest BCUT2D eigenvalue weighted by Crippen LogP contribution is 2.38. The van der Waals surface area contributed by atoms with Gasteiger partial charge in [-0.15, -0.1) is 0 Å². The Hall–Kier alpha value is -1.74. The molecule has 0 bridgehead atoms. The Morgan fingerprint density at radius 3 is 2.17 bits per heavy atom. The van der Waals surface area contributed by atoms with Crippen LogP contribution in [-0.4, -0.2) is 23.5 Å². The summed E-state index contributed by atoms with van der Waals surface area (Å²) < 4.78 is 12.2. The Kier molecular flexibility index (Phi) is 6.72. The van der Waals surface area contributed by atoms with E-state index in [1.807, 2.05) is 18.2 Å². The normalized spacial score (nSPS) is 10.6. The van der Waals surface area contributed by atoms with Crippen molar-refractivity contribution in [2.75, 3.05) is 13.2 Å². The molecule has 121 valence electrons. The molecule has 3 radical (unpaired) electrons. The Morgan fingerprint density at radius 1 is 0.913 bits per heavy atom. The van der Waals surface area contributed by atoms with Crippen molar-refractivity contribution in [3.63, 3.8) is 0 Å². The number of aryl methyl sites for hydroxylation is 1. The zero-order valence-corrected chi connectivity index (χ0v) is 15.3. The molecule has 2 aromatic rings. The number of benzene rings is 2. The molecule has 0 aliphatic heterocycles. The largest absolute Gasteiger partial charge is 0.493 e. The molecule has 0 aromatic heterocycles. The van der Waals surface area contributed by atoms with Gasteiger partial charge < -0.3 is 9.47 Å². The molecule has 0 aliphatic carbocycles. The molecular formula is C20H25O2Si. The highest BCUT2D eigenvalue weighted by molar-refractivity contribution is 6.36. The van der Waals surface area contributed by atoms with E-state index in [0.717, 1.165) is 47.1 Å². The lowest BCUT2D eigenvalue weighted by Crippen LogP contribution is -2.17. The highest BCUT2D eigenvalue weighted by atomic mass is 28.1. The van der Waals surface area contributed by atoms with E-state index in [1.165, 1.54) is 5.56 Å². The maximum absolute atomic E-state index is 6.11. The van der Waals surface area contributed by atoms with Crippen LogP contribution in [0.2, 0.25) is 0 Å². The molecule has 0 amide bonds. The first-order chi connectivity index (χ1) is 11.2. The van der Waals surface area contributed by atoms with E-state index in [2.05, 4.69) is 49.2 Å². The van der Waals surface area contributed by atoms with Gasteiger partial charge in [0.15, 0.2) is 0 Å². The lowest BCUT2D eigenvalue weighted by Gasteiger charge is -2.21. The Labute approximate surface area is 143 Å². The van der Waals surface area contributed by atoms with Crippen molar-refractivity contribution >= 4 is 15.4 Å². The summed E-state index contributed by atoms with van der Waals surface area (Å²) in [6.07, 6.45) is 2.89. The first-order valence-electron chi connectivity index (χ1n) is 8.45. The SMILES string of the molecule is CCCOc1cc(CC)c([Si])c(OCCC)c1-c1ccccc1. The van der Waals surface area contributed by atoms with E-state index < -0.39 is 0 Å². The molecule has 0 saturated heterocycles. The van der Waals surface area contributed by atoms with Gasteiger partial charge in [-0.2, -0.15) is 0 Å². The number of rotatable bonds is 8. The first kappa shape index (κ1) is 17.6. The molecular weight excluding hydrogens is 300 g/mol. The fourth-order valence-corrected chi connectivity index (χ4v) is 2.96. The van der Waals surface area contributed by atoms with Crippen LogP contribution in [0.15, 0.2) is 36.4 Å². The van der Waals surface area contributed by atoms with Gasteiger partial charge in [-0.25, -0.2) is 0 Å². The predicted molar refractivity (Wildman–Crippen MR) is 98.2 cm³/mol. The molecule has 0 saturated carbocycles. The van der Waals surface area contributed by atoms with Crippen molar-refractivity contribution in [2.24, 2.45) is 0 Å². The summed E-state index contributed by atoms with van der Waals surface area (Å²) in [4.78, 5) is 0. The summed E-state index contributed by atoms with van der Waals surface area (Å²) in [6.45, 7) is 7.78. The van der Waals surface area contributed by atoms with Crippen molar-refractivity contribution < 1.29 is 9.47 Å². The van der Waals surface area contributed by atoms with Gasteiger partial charge in [-0.1, -0.05) is 51.1 Å². The van der Waals surface area contributed by atoms with Crippen LogP contribution < -0.4 is 14.7 Å². The first-order valence-corrected chi connectivity index (χ1v) is 8.95. The Morgan fingerprint density at radius 2 is 1.57 bits per heavy atom. The average Bonchev–Trinajstić information content (AvgIpc) is 2.59. The highest BCUT2D eigenvalue weighted by Gasteiger charge is 2.18. The molecule has 0 fully saturated rings. The van der Waals surface area contributed by atoms with Gasteiger partial charge in [0.05, 0.1) is 29.0 Å². The second-order valence-electron chi connectivity index (χ2n) is 5.53. The van der Waals surface area contributed by atoms with Crippen molar-refractivity contribution in [1.29, 1.82) is 0 Å². The van der Waals surface area contributed by atoms with Crippen molar-refractivity contribution in [3.05, 3.63) is 42.0 Å². The lowest BCUT2D eigenvalue weighted by molar-refractivity contribution is 0.305. The van der Waals surface area contributed by atoms with E-state index in [9.17, 15) is 0 Å². The summed E-state index contributed by atoms with van der Waals surface area (Å²) >= 11 is 0. The molecule has 3 heteroatoms. The summed E-state index contributed by atoms with van der Waals surface area (Å²) in [6, 6.07) is 12.5. The van der Waals surface area contributed by atoms with Gasteiger partial charge >= 0.3 is 0 Å². The molecule has 0 atom stereocenters. The molecule has 23 heavy (non-hydrogen) atoms. The van der Waals surface area contributed by atoms with Gasteiger partial charge in [0.1, 0.15) is 11.5 Å². The van der Waals surface area contributed by atoms with Crippen LogP contribution in [0.5, 0.6) is 11.5 Å². The van der Waals surface area contributed by atoms with E-state index in [1.54, 1.807) is 0 Å². The number of ether oxygens (including phenoxy) is 2. The molecule has 0 N–H and O–H groups in total. The second-order valence-corrected chi connectivity index (χ2v) is 6.03. The van der Waals surface area contributed by atoms with Gasteiger partial charge in [0.2, 0.25) is 0 Å². The lowest BCUT2D eigenvalue weighted by atomic mass is 10.00. The molecule has 0 heterocycles. The molecule has 2 aromatic carbocycles. The van der Waals surface area contributed by atoms with Crippen LogP contribution in [0, 0.1) is 0 Å². The topological polar surface area (TPSA) is 18.5 Å². The molecule has 2 nitrogen and oxygen atoms in total. The van der Waals surface area contributed by atoms with Crippen LogP contribution >= 0.6 is 0 Å². The Balaban J connectivity index is 2.63. The van der Waals surface area contributed by atoms with E-state index in [-0.39, 0.29) is 0 Å². The van der Waals surface area contributed by atoms with Crippen LogP contribution in [0.1, 0.15) is 39.2 Å². The Bertz CT molecular complexity index is 623. The second kappa shape index (κ2) is 8.78. The van der Waals surface area contributed by atoms with Gasteiger partial charge in [-0.05, 0) is 41.6 Å². The van der Waals surface area contributed by atoms with Gasteiger partial charge in [0.25, 0.3) is 0 Å². The maximum Gasteiger partial charge on any atom is 0.131 e. The van der Waals surface area contributed by atoms with Crippen LogP contribution in [0.25, 0.3) is 11.1 Å². The molecule has 0 unspecified atom stereocenters. The third-order valence-electron chi connectivity index (χ3n) is 3.68. The van der Waals surface area contributed by atoms with E-state index in [0.29, 0.717) is 13.2 Å². The van der Waals surface area contributed by atoms with Crippen LogP contribution in [0.3, 0.4) is 0 Å². The van der Waals surface area contributed by atoms with E-state index in [4.69, 9.17) is 9.47 Å². The minimum Gasteiger partial charge on any atom is -0.493 e. The quantitative estimate of drug-likeness (QED) is 0.674.